The van der Waals surface area contributed by atoms with E-state index in [1.807, 2.05) is 17.5 Å². The van der Waals surface area contributed by atoms with E-state index in [0.29, 0.717) is 31.2 Å². The van der Waals surface area contributed by atoms with Gasteiger partial charge in [0.1, 0.15) is 17.7 Å². The Morgan fingerprint density at radius 3 is 2.96 bits per heavy atom. The second-order valence-electron chi connectivity index (χ2n) is 5.18. The maximum atomic E-state index is 12.6. The van der Waals surface area contributed by atoms with Gasteiger partial charge < -0.3 is 19.8 Å². The molecule has 3 aromatic heterocycles. The van der Waals surface area contributed by atoms with Crippen LogP contribution in [0.25, 0.3) is 11.0 Å². The highest BCUT2D eigenvalue weighted by molar-refractivity contribution is 7.09. The Balaban J connectivity index is 1.82. The smallest absolute Gasteiger partial charge is 0.257 e. The highest BCUT2D eigenvalue weighted by Gasteiger charge is 2.14. The van der Waals surface area contributed by atoms with Gasteiger partial charge in [-0.25, -0.2) is 4.98 Å². The summed E-state index contributed by atoms with van der Waals surface area (Å²) in [4.78, 5) is 33.0. The molecule has 0 aromatic carbocycles. The van der Waals surface area contributed by atoms with Crippen molar-refractivity contribution in [3.05, 3.63) is 56.5 Å². The minimum atomic E-state index is -0.441. The molecule has 2 N–H and O–H groups in total. The predicted octanol–water partition coefficient (Wildman–Crippen LogP) is 1.94. The molecule has 0 spiro atoms. The number of ether oxygens (including phenoxy) is 2. The van der Waals surface area contributed by atoms with Crippen molar-refractivity contribution in [1.82, 2.24) is 15.3 Å². The average Bonchev–Trinajstić information content (AvgIpc) is 3.14. The van der Waals surface area contributed by atoms with Gasteiger partial charge in [0.25, 0.3) is 5.91 Å². The van der Waals surface area contributed by atoms with E-state index >= 15 is 0 Å². The second-order valence-corrected chi connectivity index (χ2v) is 6.21. The number of hydrogen-bond acceptors (Lipinski definition) is 6. The SMILES string of the molecule is COCCOc1ccc2[nH]cc(C(=O)NCc3cccs3)c(=O)c2n1. The zero-order valence-corrected chi connectivity index (χ0v) is 14.4. The van der Waals surface area contributed by atoms with Crippen molar-refractivity contribution in [3.63, 3.8) is 0 Å². The number of nitrogens with one attached hydrogen (secondary N) is 2. The van der Waals surface area contributed by atoms with Gasteiger partial charge >= 0.3 is 0 Å². The topological polar surface area (TPSA) is 93.3 Å². The van der Waals surface area contributed by atoms with Gasteiger partial charge in [0, 0.05) is 24.3 Å². The summed E-state index contributed by atoms with van der Waals surface area (Å²) in [5, 5.41) is 4.67. The first-order valence-corrected chi connectivity index (χ1v) is 8.52. The summed E-state index contributed by atoms with van der Waals surface area (Å²) in [6.45, 7) is 1.12. The molecule has 0 saturated carbocycles. The number of carbonyl (C=O) groups excluding carboxylic acids is 1. The minimum Gasteiger partial charge on any atom is -0.475 e. The maximum absolute atomic E-state index is 12.6. The first-order chi connectivity index (χ1) is 12.2. The van der Waals surface area contributed by atoms with Gasteiger partial charge in [-0.05, 0) is 17.5 Å². The van der Waals surface area contributed by atoms with Crippen LogP contribution in [-0.4, -0.2) is 36.2 Å². The lowest BCUT2D eigenvalue weighted by Gasteiger charge is -2.07. The van der Waals surface area contributed by atoms with Crippen molar-refractivity contribution in [3.8, 4) is 5.88 Å². The van der Waals surface area contributed by atoms with E-state index in [1.165, 1.54) is 17.5 Å². The van der Waals surface area contributed by atoms with Crippen molar-refractivity contribution < 1.29 is 14.3 Å². The summed E-state index contributed by atoms with van der Waals surface area (Å²) < 4.78 is 10.3. The molecule has 0 bridgehead atoms. The first kappa shape index (κ1) is 17.1. The summed E-state index contributed by atoms with van der Waals surface area (Å²) in [5.74, 6) is -0.129. The van der Waals surface area contributed by atoms with Crippen LogP contribution in [0.5, 0.6) is 5.88 Å². The Bertz CT molecular complexity index is 921. The molecule has 0 saturated heterocycles. The van der Waals surface area contributed by atoms with E-state index in [9.17, 15) is 9.59 Å². The van der Waals surface area contributed by atoms with E-state index < -0.39 is 11.3 Å². The van der Waals surface area contributed by atoms with Gasteiger partial charge in [-0.3, -0.25) is 9.59 Å². The van der Waals surface area contributed by atoms with Crippen LogP contribution < -0.4 is 15.5 Å². The van der Waals surface area contributed by atoms with Crippen LogP contribution in [0.4, 0.5) is 0 Å². The molecule has 7 nitrogen and oxygen atoms in total. The van der Waals surface area contributed by atoms with Gasteiger partial charge in [-0.1, -0.05) is 6.07 Å². The number of rotatable bonds is 7. The third-order valence-corrected chi connectivity index (χ3v) is 4.36. The van der Waals surface area contributed by atoms with Gasteiger partial charge in [0.05, 0.1) is 18.7 Å². The lowest BCUT2D eigenvalue weighted by molar-refractivity contribution is 0.0950. The van der Waals surface area contributed by atoms with Crippen LogP contribution in [0.2, 0.25) is 0 Å². The molecule has 0 atom stereocenters. The molecule has 0 aliphatic carbocycles. The zero-order chi connectivity index (χ0) is 17.6. The number of aromatic nitrogens is 2. The number of aromatic amines is 1. The number of amides is 1. The Morgan fingerprint density at radius 2 is 2.20 bits per heavy atom. The molecule has 25 heavy (non-hydrogen) atoms. The maximum Gasteiger partial charge on any atom is 0.257 e. The number of thiophene rings is 1. The highest BCUT2D eigenvalue weighted by atomic mass is 32.1. The predicted molar refractivity (Wildman–Crippen MR) is 95.2 cm³/mol. The van der Waals surface area contributed by atoms with Crippen molar-refractivity contribution in [2.24, 2.45) is 0 Å². The van der Waals surface area contributed by atoms with Crippen molar-refractivity contribution in [2.75, 3.05) is 20.3 Å². The molecule has 130 valence electrons. The van der Waals surface area contributed by atoms with Gasteiger partial charge in [-0.15, -0.1) is 11.3 Å². The van der Waals surface area contributed by atoms with Crippen molar-refractivity contribution in [2.45, 2.75) is 6.54 Å². The standard InChI is InChI=1S/C17H17N3O4S/c1-23-6-7-24-14-5-4-13-15(20-14)16(21)12(10-18-13)17(22)19-9-11-3-2-8-25-11/h2-5,8,10H,6-7,9H2,1H3,(H,18,21)(H,19,22). The van der Waals surface area contributed by atoms with Crippen LogP contribution in [0, 0.1) is 0 Å². The summed E-state index contributed by atoms with van der Waals surface area (Å²) in [6.07, 6.45) is 1.40. The Morgan fingerprint density at radius 1 is 1.32 bits per heavy atom. The quantitative estimate of drug-likeness (QED) is 0.629. The molecule has 0 fully saturated rings. The number of pyridine rings is 2. The lowest BCUT2D eigenvalue weighted by atomic mass is 10.2. The largest absolute Gasteiger partial charge is 0.475 e. The fraction of sp³-hybridized carbons (Fsp3) is 0.235. The summed E-state index contributed by atoms with van der Waals surface area (Å²) >= 11 is 1.54. The van der Waals surface area contributed by atoms with E-state index in [2.05, 4.69) is 15.3 Å². The Hall–Kier alpha value is -2.71. The number of methoxy groups -OCH3 is 1. The van der Waals surface area contributed by atoms with Crippen LogP contribution in [0.3, 0.4) is 0 Å². The van der Waals surface area contributed by atoms with Crippen molar-refractivity contribution >= 4 is 28.3 Å². The van der Waals surface area contributed by atoms with Crippen LogP contribution in [0.1, 0.15) is 15.2 Å². The number of carbonyl (C=O) groups is 1. The molecule has 0 unspecified atom stereocenters. The number of H-pyrrole nitrogens is 1. The van der Waals surface area contributed by atoms with Gasteiger partial charge in [0.2, 0.25) is 11.3 Å². The van der Waals surface area contributed by atoms with E-state index in [4.69, 9.17) is 9.47 Å². The van der Waals surface area contributed by atoms with Gasteiger partial charge in [0.15, 0.2) is 0 Å². The molecule has 0 aliphatic rings. The van der Waals surface area contributed by atoms with E-state index in [0.717, 1.165) is 4.88 Å². The van der Waals surface area contributed by atoms with Gasteiger partial charge in [-0.2, -0.15) is 0 Å². The van der Waals surface area contributed by atoms with E-state index in [-0.39, 0.29) is 11.1 Å². The zero-order valence-electron chi connectivity index (χ0n) is 13.6. The summed E-state index contributed by atoms with van der Waals surface area (Å²) in [7, 11) is 1.57. The fourth-order valence-electron chi connectivity index (χ4n) is 2.23. The number of hydrogen-bond donors (Lipinski definition) is 2. The average molecular weight is 359 g/mol. The Kier molecular flexibility index (Phi) is 5.42. The highest BCUT2D eigenvalue weighted by Crippen LogP contribution is 2.13. The fourth-order valence-corrected chi connectivity index (χ4v) is 2.87. The molecule has 3 rings (SSSR count). The minimum absolute atomic E-state index is 0.0191. The summed E-state index contributed by atoms with van der Waals surface area (Å²) in [5.41, 5.74) is 0.290. The molecule has 0 radical (unpaired) electrons. The molecular weight excluding hydrogens is 342 g/mol. The van der Waals surface area contributed by atoms with Crippen molar-refractivity contribution in [1.29, 1.82) is 0 Å². The lowest BCUT2D eigenvalue weighted by Crippen LogP contribution is -2.28. The third-order valence-electron chi connectivity index (χ3n) is 3.49. The van der Waals surface area contributed by atoms with Crippen LogP contribution in [-0.2, 0) is 11.3 Å². The first-order valence-electron chi connectivity index (χ1n) is 7.64. The monoisotopic (exact) mass is 359 g/mol. The molecular formula is C17H17N3O4S. The number of fused-ring (bicyclic) bond motifs is 1. The van der Waals surface area contributed by atoms with E-state index in [1.54, 1.807) is 19.2 Å². The number of nitrogens with zero attached hydrogens (tertiary/aromatic N) is 1. The third kappa shape index (κ3) is 4.04. The molecule has 3 heterocycles. The van der Waals surface area contributed by atoms with Crippen LogP contribution >= 0.6 is 11.3 Å². The second kappa shape index (κ2) is 7.91. The van der Waals surface area contributed by atoms with Crippen LogP contribution in [0.15, 0.2) is 40.6 Å². The molecule has 3 aromatic rings. The summed E-state index contributed by atoms with van der Waals surface area (Å²) in [6, 6.07) is 7.18. The molecule has 1 amide bonds. The molecule has 0 aliphatic heterocycles. The normalized spacial score (nSPS) is 10.8. The Labute approximate surface area is 147 Å². The molecule has 8 heteroatoms.